The number of aliphatic imine (C=N–C) groups is 1. The van der Waals surface area contributed by atoms with Gasteiger partial charge in [-0.05, 0) is 26.3 Å². The lowest BCUT2D eigenvalue weighted by Gasteiger charge is -2.41. The van der Waals surface area contributed by atoms with Crippen LogP contribution in [0, 0.1) is 6.92 Å². The van der Waals surface area contributed by atoms with Crippen molar-refractivity contribution in [1.29, 1.82) is 0 Å². The summed E-state index contributed by atoms with van der Waals surface area (Å²) < 4.78 is 5.44. The Morgan fingerprint density at radius 1 is 1.17 bits per heavy atom. The summed E-state index contributed by atoms with van der Waals surface area (Å²) in [6.45, 7) is 11.9. The van der Waals surface area contributed by atoms with Crippen LogP contribution >= 0.6 is 0 Å². The van der Waals surface area contributed by atoms with Crippen LogP contribution in [0.15, 0.2) is 29.3 Å². The van der Waals surface area contributed by atoms with E-state index in [0.29, 0.717) is 0 Å². The van der Waals surface area contributed by atoms with Crippen LogP contribution in [0.4, 0.5) is 0 Å². The molecular weight excluding hydrogens is 288 g/mol. The summed E-state index contributed by atoms with van der Waals surface area (Å²) in [5.74, 6) is 0.840. The number of morpholine rings is 1. The third-order valence-electron chi connectivity index (χ3n) is 4.36. The molecular formula is C18H30N4O. The van der Waals surface area contributed by atoms with Gasteiger partial charge >= 0.3 is 0 Å². The molecule has 5 heteroatoms. The van der Waals surface area contributed by atoms with Gasteiger partial charge in [0.25, 0.3) is 0 Å². The molecule has 0 bridgehead atoms. The van der Waals surface area contributed by atoms with Crippen molar-refractivity contribution in [2.24, 2.45) is 4.99 Å². The van der Waals surface area contributed by atoms with E-state index in [-0.39, 0.29) is 5.54 Å². The first-order valence-corrected chi connectivity index (χ1v) is 8.34. The number of benzene rings is 1. The summed E-state index contributed by atoms with van der Waals surface area (Å²) in [4.78, 5) is 6.79. The quantitative estimate of drug-likeness (QED) is 0.642. The molecule has 1 aliphatic rings. The lowest BCUT2D eigenvalue weighted by atomic mass is 10.0. The van der Waals surface area contributed by atoms with Gasteiger partial charge in [-0.15, -0.1) is 0 Å². The molecule has 0 aromatic heterocycles. The third-order valence-corrected chi connectivity index (χ3v) is 4.36. The van der Waals surface area contributed by atoms with Gasteiger partial charge in [0.05, 0.1) is 13.2 Å². The number of guanidine groups is 1. The van der Waals surface area contributed by atoms with Crippen LogP contribution in [0.2, 0.25) is 0 Å². The molecule has 0 saturated carbocycles. The van der Waals surface area contributed by atoms with Gasteiger partial charge in [-0.1, -0.05) is 29.8 Å². The number of rotatable bonds is 5. The number of hydrogen-bond acceptors (Lipinski definition) is 3. The monoisotopic (exact) mass is 318 g/mol. The predicted octanol–water partition coefficient (Wildman–Crippen LogP) is 1.77. The zero-order chi connectivity index (χ0) is 16.7. The van der Waals surface area contributed by atoms with Crippen molar-refractivity contribution >= 4 is 5.96 Å². The van der Waals surface area contributed by atoms with E-state index in [4.69, 9.17) is 4.74 Å². The third kappa shape index (κ3) is 5.52. The summed E-state index contributed by atoms with van der Waals surface area (Å²) >= 11 is 0. The topological polar surface area (TPSA) is 48.9 Å². The smallest absolute Gasteiger partial charge is 0.191 e. The molecule has 0 aliphatic carbocycles. The Bertz CT molecular complexity index is 504. The molecule has 1 heterocycles. The van der Waals surface area contributed by atoms with E-state index in [1.807, 2.05) is 7.05 Å². The Hall–Kier alpha value is -1.59. The van der Waals surface area contributed by atoms with E-state index in [0.717, 1.165) is 45.4 Å². The van der Waals surface area contributed by atoms with E-state index in [2.05, 4.69) is 65.6 Å². The van der Waals surface area contributed by atoms with Crippen molar-refractivity contribution in [1.82, 2.24) is 15.5 Å². The van der Waals surface area contributed by atoms with Gasteiger partial charge in [-0.2, -0.15) is 0 Å². The molecule has 0 amide bonds. The molecule has 0 spiro atoms. The Labute approximate surface area is 140 Å². The molecule has 0 radical (unpaired) electrons. The van der Waals surface area contributed by atoms with Crippen LogP contribution in [0.1, 0.15) is 25.0 Å². The van der Waals surface area contributed by atoms with Crippen LogP contribution in [-0.4, -0.2) is 56.3 Å². The Kier molecular flexibility index (Phi) is 6.42. The number of aryl methyl sites for hydroxylation is 1. The van der Waals surface area contributed by atoms with Crippen molar-refractivity contribution < 1.29 is 4.74 Å². The highest BCUT2D eigenvalue weighted by Crippen LogP contribution is 2.15. The normalized spacial score (nSPS) is 17.1. The van der Waals surface area contributed by atoms with Crippen LogP contribution in [0.3, 0.4) is 0 Å². The Morgan fingerprint density at radius 3 is 2.43 bits per heavy atom. The van der Waals surface area contributed by atoms with Gasteiger partial charge < -0.3 is 15.4 Å². The minimum absolute atomic E-state index is 0.0747. The van der Waals surface area contributed by atoms with E-state index in [1.165, 1.54) is 11.1 Å². The predicted molar refractivity (Wildman–Crippen MR) is 95.9 cm³/mol. The molecule has 0 atom stereocenters. The average molecular weight is 318 g/mol. The SMILES string of the molecule is CN=C(NCc1ccc(C)cc1)NCC(C)(C)N1CCOCC1. The van der Waals surface area contributed by atoms with E-state index in [9.17, 15) is 0 Å². The van der Waals surface area contributed by atoms with Gasteiger partial charge in [0.2, 0.25) is 0 Å². The van der Waals surface area contributed by atoms with Crippen molar-refractivity contribution in [2.75, 3.05) is 39.9 Å². The zero-order valence-corrected chi connectivity index (χ0v) is 14.9. The van der Waals surface area contributed by atoms with Gasteiger partial charge in [0, 0.05) is 38.8 Å². The maximum atomic E-state index is 5.44. The minimum Gasteiger partial charge on any atom is -0.379 e. The molecule has 23 heavy (non-hydrogen) atoms. The number of ether oxygens (including phenoxy) is 1. The Morgan fingerprint density at radius 2 is 1.83 bits per heavy atom. The molecule has 0 unspecified atom stereocenters. The van der Waals surface area contributed by atoms with Crippen molar-refractivity contribution in [3.05, 3.63) is 35.4 Å². The molecule has 1 fully saturated rings. The summed E-state index contributed by atoms with van der Waals surface area (Å²) in [7, 11) is 1.81. The molecule has 5 nitrogen and oxygen atoms in total. The molecule has 1 aromatic rings. The fraction of sp³-hybridized carbons (Fsp3) is 0.611. The van der Waals surface area contributed by atoms with Gasteiger partial charge in [-0.25, -0.2) is 0 Å². The highest BCUT2D eigenvalue weighted by atomic mass is 16.5. The van der Waals surface area contributed by atoms with E-state index in [1.54, 1.807) is 0 Å². The van der Waals surface area contributed by atoms with Crippen LogP contribution < -0.4 is 10.6 Å². The molecule has 1 aromatic carbocycles. The van der Waals surface area contributed by atoms with Crippen LogP contribution in [0.25, 0.3) is 0 Å². The van der Waals surface area contributed by atoms with Gasteiger partial charge in [0.1, 0.15) is 0 Å². The van der Waals surface area contributed by atoms with E-state index < -0.39 is 0 Å². The second kappa shape index (κ2) is 8.31. The highest BCUT2D eigenvalue weighted by molar-refractivity contribution is 5.79. The van der Waals surface area contributed by atoms with Crippen molar-refractivity contribution in [3.8, 4) is 0 Å². The van der Waals surface area contributed by atoms with Crippen molar-refractivity contribution in [3.63, 3.8) is 0 Å². The second-order valence-corrected chi connectivity index (χ2v) is 6.68. The summed E-state index contributed by atoms with van der Waals surface area (Å²) in [5.41, 5.74) is 2.61. The van der Waals surface area contributed by atoms with Crippen LogP contribution in [-0.2, 0) is 11.3 Å². The fourth-order valence-corrected chi connectivity index (χ4v) is 2.69. The first-order valence-electron chi connectivity index (χ1n) is 8.34. The highest BCUT2D eigenvalue weighted by Gasteiger charge is 2.28. The molecule has 2 N–H and O–H groups in total. The molecule has 128 valence electrons. The summed E-state index contributed by atoms with van der Waals surface area (Å²) in [6.07, 6.45) is 0. The summed E-state index contributed by atoms with van der Waals surface area (Å²) in [5, 5.41) is 6.82. The molecule has 1 saturated heterocycles. The average Bonchev–Trinajstić information content (AvgIpc) is 2.57. The zero-order valence-electron chi connectivity index (χ0n) is 14.9. The largest absolute Gasteiger partial charge is 0.379 e. The second-order valence-electron chi connectivity index (χ2n) is 6.68. The van der Waals surface area contributed by atoms with E-state index >= 15 is 0 Å². The molecule has 1 aliphatic heterocycles. The van der Waals surface area contributed by atoms with Crippen molar-refractivity contribution in [2.45, 2.75) is 32.9 Å². The van der Waals surface area contributed by atoms with Gasteiger partial charge in [-0.3, -0.25) is 9.89 Å². The maximum absolute atomic E-state index is 5.44. The number of hydrogen-bond donors (Lipinski definition) is 2. The van der Waals surface area contributed by atoms with Gasteiger partial charge in [0.15, 0.2) is 5.96 Å². The number of nitrogens with one attached hydrogen (secondary N) is 2. The number of nitrogens with zero attached hydrogens (tertiary/aromatic N) is 2. The first kappa shape index (κ1) is 17.8. The summed E-state index contributed by atoms with van der Waals surface area (Å²) in [6, 6.07) is 8.56. The minimum atomic E-state index is 0.0747. The van der Waals surface area contributed by atoms with Crippen LogP contribution in [0.5, 0.6) is 0 Å². The Balaban J connectivity index is 1.81. The lowest BCUT2D eigenvalue weighted by Crippen LogP contribution is -2.56. The fourth-order valence-electron chi connectivity index (χ4n) is 2.69. The lowest BCUT2D eigenvalue weighted by molar-refractivity contribution is -0.00834. The first-order chi connectivity index (χ1) is 11.0. The standard InChI is InChI=1S/C18H30N4O/c1-15-5-7-16(8-6-15)13-20-17(19-4)21-14-18(2,3)22-9-11-23-12-10-22/h5-8H,9-14H2,1-4H3,(H2,19,20,21). The maximum Gasteiger partial charge on any atom is 0.191 e. The molecule has 2 rings (SSSR count).